The summed E-state index contributed by atoms with van der Waals surface area (Å²) in [4.78, 5) is 30.4. The van der Waals surface area contributed by atoms with Crippen LogP contribution in [0.2, 0.25) is 0 Å². The first-order chi connectivity index (χ1) is 14.0. The van der Waals surface area contributed by atoms with Gasteiger partial charge in [-0.25, -0.2) is 14.4 Å². The van der Waals surface area contributed by atoms with Crippen molar-refractivity contribution in [3.8, 4) is 5.69 Å². The van der Waals surface area contributed by atoms with Gasteiger partial charge in [-0.15, -0.1) is 0 Å². The van der Waals surface area contributed by atoms with Gasteiger partial charge in [0.05, 0.1) is 18.6 Å². The molecule has 1 atom stereocenters. The molecule has 7 heteroatoms. The van der Waals surface area contributed by atoms with Gasteiger partial charge in [-0.3, -0.25) is 14.6 Å². The van der Waals surface area contributed by atoms with Gasteiger partial charge >= 0.3 is 6.03 Å². The van der Waals surface area contributed by atoms with E-state index in [9.17, 15) is 9.59 Å². The highest BCUT2D eigenvalue weighted by atomic mass is 16.2. The van der Waals surface area contributed by atoms with E-state index in [-0.39, 0.29) is 18.6 Å². The van der Waals surface area contributed by atoms with E-state index < -0.39 is 6.04 Å². The Labute approximate surface area is 169 Å². The van der Waals surface area contributed by atoms with Crippen molar-refractivity contribution in [2.75, 3.05) is 18.6 Å². The minimum absolute atomic E-state index is 0.189. The van der Waals surface area contributed by atoms with Crippen LogP contribution in [0, 0.1) is 0 Å². The third-order valence-corrected chi connectivity index (χ3v) is 4.97. The summed E-state index contributed by atoms with van der Waals surface area (Å²) < 4.78 is 1.81. The molecular formula is C22H23N5O2. The van der Waals surface area contributed by atoms with Crippen LogP contribution in [-0.2, 0) is 11.3 Å². The number of rotatable bonds is 6. The van der Waals surface area contributed by atoms with Crippen molar-refractivity contribution in [1.29, 1.82) is 0 Å². The number of hydrogen-bond acceptors (Lipinski definition) is 4. The Morgan fingerprint density at radius 3 is 2.24 bits per heavy atom. The van der Waals surface area contributed by atoms with Gasteiger partial charge in [0.15, 0.2) is 0 Å². The van der Waals surface area contributed by atoms with Crippen LogP contribution < -0.4 is 4.90 Å². The van der Waals surface area contributed by atoms with Crippen molar-refractivity contribution in [2.45, 2.75) is 19.5 Å². The topological polar surface area (TPSA) is 61.7 Å². The van der Waals surface area contributed by atoms with Gasteiger partial charge in [-0.2, -0.15) is 5.10 Å². The molecule has 0 bridgehead atoms. The number of nitrogens with zero attached hydrogens (tertiary/aromatic N) is 5. The van der Waals surface area contributed by atoms with Crippen molar-refractivity contribution in [2.24, 2.45) is 0 Å². The van der Waals surface area contributed by atoms with Crippen LogP contribution in [0.3, 0.4) is 0 Å². The molecule has 4 rings (SSSR count). The predicted octanol–water partition coefficient (Wildman–Crippen LogP) is 3.12. The maximum absolute atomic E-state index is 12.9. The molecule has 3 aromatic rings. The summed E-state index contributed by atoms with van der Waals surface area (Å²) in [6.45, 7) is 2.56. The van der Waals surface area contributed by atoms with Gasteiger partial charge in [0, 0.05) is 24.0 Å². The Hall–Kier alpha value is -3.45. The number of para-hydroxylation sites is 2. The maximum Gasteiger partial charge on any atom is 0.333 e. The molecule has 0 spiro atoms. The Balaban J connectivity index is 1.43. The van der Waals surface area contributed by atoms with E-state index in [0.717, 1.165) is 16.9 Å². The van der Waals surface area contributed by atoms with E-state index in [4.69, 9.17) is 0 Å². The number of aromatic nitrogens is 2. The van der Waals surface area contributed by atoms with Crippen molar-refractivity contribution < 1.29 is 9.59 Å². The molecule has 148 valence electrons. The smallest absolute Gasteiger partial charge is 0.284 e. The third kappa shape index (κ3) is 3.77. The number of imide groups is 1. The van der Waals surface area contributed by atoms with Gasteiger partial charge in [0.1, 0.15) is 6.04 Å². The summed E-state index contributed by atoms with van der Waals surface area (Å²) in [5, 5.41) is 4.40. The summed E-state index contributed by atoms with van der Waals surface area (Å²) >= 11 is 0. The summed E-state index contributed by atoms with van der Waals surface area (Å²) in [7, 11) is 1.89. The van der Waals surface area contributed by atoms with Gasteiger partial charge < -0.3 is 0 Å². The van der Waals surface area contributed by atoms with Crippen molar-refractivity contribution >= 4 is 17.6 Å². The summed E-state index contributed by atoms with van der Waals surface area (Å²) in [5.41, 5.74) is 2.72. The lowest BCUT2D eigenvalue weighted by atomic mass is 10.2. The molecular weight excluding hydrogens is 366 g/mol. The molecule has 3 amide bonds. The monoisotopic (exact) mass is 389 g/mol. The lowest BCUT2D eigenvalue weighted by Gasteiger charge is -2.23. The van der Waals surface area contributed by atoms with Crippen molar-refractivity contribution in [3.63, 3.8) is 0 Å². The minimum Gasteiger partial charge on any atom is -0.284 e. The van der Waals surface area contributed by atoms with E-state index >= 15 is 0 Å². The zero-order chi connectivity index (χ0) is 20.4. The molecule has 0 saturated carbocycles. The van der Waals surface area contributed by atoms with Crippen LogP contribution in [0.5, 0.6) is 0 Å². The molecule has 0 unspecified atom stereocenters. The quantitative estimate of drug-likeness (QED) is 0.608. The molecule has 29 heavy (non-hydrogen) atoms. The molecule has 0 radical (unpaired) electrons. The predicted molar refractivity (Wildman–Crippen MR) is 111 cm³/mol. The van der Waals surface area contributed by atoms with Crippen LogP contribution in [0.1, 0.15) is 12.5 Å². The molecule has 2 heterocycles. The largest absolute Gasteiger partial charge is 0.333 e. The standard InChI is InChI=1S/C22H23N5O2/c1-17-21(28)25(22(29)27(17)20-11-7-4-8-12-20)16-24(2)14-18-13-23-26(15-18)19-9-5-3-6-10-19/h3-13,15,17H,14,16H2,1-2H3/t17-/m0/s1. The van der Waals surface area contributed by atoms with Crippen LogP contribution in [0.25, 0.3) is 5.69 Å². The molecule has 2 aromatic carbocycles. The molecule has 0 aliphatic carbocycles. The van der Waals surface area contributed by atoms with Gasteiger partial charge in [0.2, 0.25) is 0 Å². The van der Waals surface area contributed by atoms with E-state index in [2.05, 4.69) is 5.10 Å². The minimum atomic E-state index is -0.515. The van der Waals surface area contributed by atoms with Gasteiger partial charge in [0.25, 0.3) is 5.91 Å². The Bertz CT molecular complexity index is 1000. The van der Waals surface area contributed by atoms with E-state index in [1.165, 1.54) is 4.90 Å². The number of carbonyl (C=O) groups is 2. The number of anilines is 1. The molecule has 1 aliphatic rings. The molecule has 0 N–H and O–H groups in total. The number of hydrogen-bond donors (Lipinski definition) is 0. The SMILES string of the molecule is C[C@H]1C(=O)N(CN(C)Cc2cnn(-c3ccccc3)c2)C(=O)N1c1ccccc1. The van der Waals surface area contributed by atoms with Crippen LogP contribution in [0.4, 0.5) is 10.5 Å². The number of amides is 3. The van der Waals surface area contributed by atoms with E-state index in [0.29, 0.717) is 6.54 Å². The highest BCUT2D eigenvalue weighted by molar-refractivity contribution is 6.13. The van der Waals surface area contributed by atoms with Crippen LogP contribution >= 0.6 is 0 Å². The second kappa shape index (κ2) is 7.89. The third-order valence-electron chi connectivity index (χ3n) is 4.97. The first-order valence-electron chi connectivity index (χ1n) is 9.52. The van der Waals surface area contributed by atoms with Crippen LogP contribution in [0.15, 0.2) is 73.1 Å². The fourth-order valence-electron chi connectivity index (χ4n) is 3.55. The average molecular weight is 389 g/mol. The summed E-state index contributed by atoms with van der Waals surface area (Å²) in [6.07, 6.45) is 3.76. The van der Waals surface area contributed by atoms with E-state index in [1.807, 2.05) is 83.5 Å². The Kier molecular flexibility index (Phi) is 5.14. The molecule has 7 nitrogen and oxygen atoms in total. The fourth-order valence-corrected chi connectivity index (χ4v) is 3.55. The highest BCUT2D eigenvalue weighted by Crippen LogP contribution is 2.25. The maximum atomic E-state index is 12.9. The zero-order valence-corrected chi connectivity index (χ0v) is 16.5. The molecule has 1 saturated heterocycles. The molecule has 1 aliphatic heterocycles. The highest BCUT2D eigenvalue weighted by Gasteiger charge is 2.43. The Morgan fingerprint density at radius 1 is 0.966 bits per heavy atom. The average Bonchev–Trinajstić information content (AvgIpc) is 3.28. The first-order valence-corrected chi connectivity index (χ1v) is 9.52. The fraction of sp³-hybridized carbons (Fsp3) is 0.227. The molecule has 1 fully saturated rings. The number of carbonyl (C=O) groups excluding carboxylic acids is 2. The number of benzene rings is 2. The van der Waals surface area contributed by atoms with Crippen molar-refractivity contribution in [3.05, 3.63) is 78.6 Å². The van der Waals surface area contributed by atoms with E-state index in [1.54, 1.807) is 18.0 Å². The zero-order valence-electron chi connectivity index (χ0n) is 16.5. The van der Waals surface area contributed by atoms with Gasteiger partial charge in [-0.05, 0) is 38.2 Å². The van der Waals surface area contributed by atoms with Crippen molar-refractivity contribution in [1.82, 2.24) is 19.6 Å². The first kappa shape index (κ1) is 18.9. The Morgan fingerprint density at radius 2 is 1.59 bits per heavy atom. The summed E-state index contributed by atoms with van der Waals surface area (Å²) in [6, 6.07) is 18.4. The summed E-state index contributed by atoms with van der Waals surface area (Å²) in [5.74, 6) is -0.189. The molecule has 1 aromatic heterocycles. The normalized spacial score (nSPS) is 16.9. The van der Waals surface area contributed by atoms with Crippen LogP contribution in [-0.4, -0.2) is 51.3 Å². The van der Waals surface area contributed by atoms with Gasteiger partial charge in [-0.1, -0.05) is 36.4 Å². The second-order valence-corrected chi connectivity index (χ2v) is 7.21. The lowest BCUT2D eigenvalue weighted by Crippen LogP contribution is -2.40. The number of urea groups is 1. The second-order valence-electron chi connectivity index (χ2n) is 7.21. The lowest BCUT2D eigenvalue weighted by molar-refractivity contribution is -0.128.